The van der Waals surface area contributed by atoms with Gasteiger partial charge >= 0.3 is 12.4 Å². The third-order valence-corrected chi connectivity index (χ3v) is 2.49. The first-order valence-electron chi connectivity index (χ1n) is 4.92. The lowest BCUT2D eigenvalue weighted by Gasteiger charge is -2.31. The number of halogens is 7. The number of alkyl halides is 7. The SMILES string of the molecule is CC(C)N(CCBr)C(=O)C(C(F)(F)F)C(F)(F)F. The van der Waals surface area contributed by atoms with Crippen molar-refractivity contribution in [2.75, 3.05) is 11.9 Å². The molecule has 0 saturated carbocycles. The van der Waals surface area contributed by atoms with Gasteiger partial charge in [0.1, 0.15) is 0 Å². The van der Waals surface area contributed by atoms with Crippen LogP contribution in [0.2, 0.25) is 0 Å². The van der Waals surface area contributed by atoms with Crippen LogP contribution in [0.3, 0.4) is 0 Å². The fourth-order valence-electron chi connectivity index (χ4n) is 1.35. The van der Waals surface area contributed by atoms with E-state index in [-0.39, 0.29) is 11.9 Å². The van der Waals surface area contributed by atoms with Crippen LogP contribution in [0.25, 0.3) is 0 Å². The highest BCUT2D eigenvalue weighted by atomic mass is 79.9. The maximum Gasteiger partial charge on any atom is 0.409 e. The highest BCUT2D eigenvalue weighted by Crippen LogP contribution is 2.40. The molecule has 0 aliphatic rings. The lowest BCUT2D eigenvalue weighted by Crippen LogP contribution is -2.52. The van der Waals surface area contributed by atoms with Gasteiger partial charge in [-0.1, -0.05) is 15.9 Å². The first-order valence-corrected chi connectivity index (χ1v) is 6.05. The number of nitrogens with zero attached hydrogens (tertiary/aromatic N) is 1. The van der Waals surface area contributed by atoms with E-state index in [1.54, 1.807) is 0 Å². The molecule has 1 amide bonds. The largest absolute Gasteiger partial charge is 0.409 e. The first kappa shape index (κ1) is 17.5. The van der Waals surface area contributed by atoms with Gasteiger partial charge in [0.2, 0.25) is 11.8 Å². The summed E-state index contributed by atoms with van der Waals surface area (Å²) in [6.45, 7) is 2.48. The lowest BCUT2D eigenvalue weighted by atomic mass is 10.1. The van der Waals surface area contributed by atoms with Crippen molar-refractivity contribution in [2.24, 2.45) is 5.92 Å². The van der Waals surface area contributed by atoms with E-state index in [4.69, 9.17) is 0 Å². The molecule has 0 radical (unpaired) electrons. The molecule has 0 N–H and O–H groups in total. The highest BCUT2D eigenvalue weighted by molar-refractivity contribution is 9.09. The van der Waals surface area contributed by atoms with E-state index in [0.29, 0.717) is 4.90 Å². The summed E-state index contributed by atoms with van der Waals surface area (Å²) in [5, 5.41) is 0.0966. The Kier molecular flexibility index (Phi) is 5.96. The standard InChI is InChI=1S/C9H12BrF6NO/c1-5(2)17(4-3-10)7(18)6(8(11,12)13)9(14,15)16/h5-6H,3-4H2,1-2H3. The van der Waals surface area contributed by atoms with E-state index in [9.17, 15) is 31.1 Å². The van der Waals surface area contributed by atoms with Crippen LogP contribution < -0.4 is 0 Å². The summed E-state index contributed by atoms with van der Waals surface area (Å²) in [5.74, 6) is -5.93. The van der Waals surface area contributed by atoms with E-state index in [1.807, 2.05) is 0 Å². The second-order valence-corrected chi connectivity index (χ2v) is 4.62. The minimum Gasteiger partial charge on any atom is -0.339 e. The molecule has 0 aliphatic carbocycles. The Morgan fingerprint density at radius 3 is 1.72 bits per heavy atom. The quantitative estimate of drug-likeness (QED) is 0.566. The maximum absolute atomic E-state index is 12.4. The Morgan fingerprint density at radius 2 is 1.50 bits per heavy atom. The molecule has 0 rings (SSSR count). The second-order valence-electron chi connectivity index (χ2n) is 3.83. The Bertz CT molecular complexity index is 274. The van der Waals surface area contributed by atoms with Crippen LogP contribution in [0.1, 0.15) is 13.8 Å². The number of amides is 1. The Morgan fingerprint density at radius 1 is 1.11 bits per heavy atom. The van der Waals surface area contributed by atoms with Gasteiger partial charge in [0.15, 0.2) is 0 Å². The first-order chi connectivity index (χ1) is 7.92. The number of hydrogen-bond donors (Lipinski definition) is 0. The summed E-state index contributed by atoms with van der Waals surface area (Å²) in [7, 11) is 0. The van der Waals surface area contributed by atoms with Crippen LogP contribution in [0, 0.1) is 5.92 Å². The molecule has 0 fully saturated rings. The zero-order valence-electron chi connectivity index (χ0n) is 9.57. The van der Waals surface area contributed by atoms with Crippen molar-refractivity contribution >= 4 is 21.8 Å². The van der Waals surface area contributed by atoms with Crippen LogP contribution in [0.4, 0.5) is 26.3 Å². The molecule has 0 aromatic rings. The average molecular weight is 344 g/mol. The van der Waals surface area contributed by atoms with E-state index < -0.39 is 30.2 Å². The Hall–Kier alpha value is -0.470. The van der Waals surface area contributed by atoms with Crippen molar-refractivity contribution in [1.29, 1.82) is 0 Å². The molecule has 108 valence electrons. The molecular formula is C9H12BrF6NO. The van der Waals surface area contributed by atoms with Gasteiger partial charge in [0.25, 0.3) is 0 Å². The normalized spacial score (nSPS) is 13.3. The monoisotopic (exact) mass is 343 g/mol. The van der Waals surface area contributed by atoms with Crippen molar-refractivity contribution in [3.63, 3.8) is 0 Å². The van der Waals surface area contributed by atoms with Gasteiger partial charge in [0, 0.05) is 17.9 Å². The summed E-state index contributed by atoms with van der Waals surface area (Å²) in [6.07, 6.45) is -11.3. The van der Waals surface area contributed by atoms with Crippen molar-refractivity contribution in [3.05, 3.63) is 0 Å². The van der Waals surface area contributed by atoms with Gasteiger partial charge in [-0.15, -0.1) is 0 Å². The average Bonchev–Trinajstić information content (AvgIpc) is 2.08. The fraction of sp³-hybridized carbons (Fsp3) is 0.889. The topological polar surface area (TPSA) is 20.3 Å². The molecule has 0 bridgehead atoms. The van der Waals surface area contributed by atoms with Gasteiger partial charge in [-0.3, -0.25) is 4.79 Å². The molecule has 0 atom stereocenters. The summed E-state index contributed by atoms with van der Waals surface area (Å²) in [5.41, 5.74) is 0. The van der Waals surface area contributed by atoms with Crippen LogP contribution in [-0.2, 0) is 4.79 Å². The van der Waals surface area contributed by atoms with Crippen LogP contribution in [0.5, 0.6) is 0 Å². The number of rotatable bonds is 4. The Labute approximate surface area is 108 Å². The van der Waals surface area contributed by atoms with E-state index >= 15 is 0 Å². The highest BCUT2D eigenvalue weighted by Gasteiger charge is 2.62. The third kappa shape index (κ3) is 4.66. The molecule has 2 nitrogen and oxygen atoms in total. The zero-order valence-corrected chi connectivity index (χ0v) is 11.2. The third-order valence-electron chi connectivity index (χ3n) is 2.13. The second kappa shape index (κ2) is 6.12. The fourth-order valence-corrected chi connectivity index (χ4v) is 1.73. The lowest BCUT2D eigenvalue weighted by molar-refractivity contribution is -0.277. The zero-order chi connectivity index (χ0) is 14.7. The van der Waals surface area contributed by atoms with Crippen molar-refractivity contribution in [3.8, 4) is 0 Å². The van der Waals surface area contributed by atoms with Gasteiger partial charge in [-0.2, -0.15) is 26.3 Å². The van der Waals surface area contributed by atoms with Gasteiger partial charge in [0.05, 0.1) is 0 Å². The van der Waals surface area contributed by atoms with E-state index in [1.165, 1.54) is 13.8 Å². The van der Waals surface area contributed by atoms with Gasteiger partial charge in [-0.25, -0.2) is 0 Å². The minimum absolute atomic E-state index is 0.0966. The molecule has 0 aromatic carbocycles. The molecule has 0 aliphatic heterocycles. The molecule has 0 unspecified atom stereocenters. The van der Waals surface area contributed by atoms with E-state index in [2.05, 4.69) is 15.9 Å². The summed E-state index contributed by atoms with van der Waals surface area (Å²) >= 11 is 2.88. The van der Waals surface area contributed by atoms with Crippen LogP contribution in [0.15, 0.2) is 0 Å². The van der Waals surface area contributed by atoms with Crippen LogP contribution in [-0.4, -0.2) is 41.1 Å². The molecule has 0 heterocycles. The van der Waals surface area contributed by atoms with Crippen molar-refractivity contribution < 1.29 is 31.1 Å². The number of carbonyl (C=O) groups excluding carboxylic acids is 1. The molecular weight excluding hydrogens is 332 g/mol. The summed E-state index contributed by atoms with van der Waals surface area (Å²) < 4.78 is 74.1. The smallest absolute Gasteiger partial charge is 0.339 e. The molecule has 0 saturated heterocycles. The summed E-state index contributed by atoms with van der Waals surface area (Å²) in [6, 6.07) is -0.748. The van der Waals surface area contributed by atoms with E-state index in [0.717, 1.165) is 0 Å². The molecule has 9 heteroatoms. The minimum atomic E-state index is -5.64. The van der Waals surface area contributed by atoms with Crippen molar-refractivity contribution in [2.45, 2.75) is 32.2 Å². The summed E-state index contributed by atoms with van der Waals surface area (Å²) in [4.78, 5) is 12.0. The van der Waals surface area contributed by atoms with Crippen LogP contribution >= 0.6 is 15.9 Å². The number of carbonyl (C=O) groups is 1. The predicted octanol–water partition coefficient (Wildman–Crippen LogP) is 3.36. The van der Waals surface area contributed by atoms with Crippen molar-refractivity contribution in [1.82, 2.24) is 4.90 Å². The van der Waals surface area contributed by atoms with Gasteiger partial charge < -0.3 is 4.90 Å². The molecule has 18 heavy (non-hydrogen) atoms. The molecule has 0 aromatic heterocycles. The maximum atomic E-state index is 12.4. The number of hydrogen-bond acceptors (Lipinski definition) is 1. The Balaban J connectivity index is 5.31. The predicted molar refractivity (Wildman–Crippen MR) is 56.2 cm³/mol. The molecule has 0 spiro atoms. The van der Waals surface area contributed by atoms with Gasteiger partial charge in [-0.05, 0) is 13.8 Å².